The van der Waals surface area contributed by atoms with Crippen molar-refractivity contribution < 1.29 is 9.84 Å². The van der Waals surface area contributed by atoms with Gasteiger partial charge in [-0.1, -0.05) is 32.1 Å². The quantitative estimate of drug-likeness (QED) is 0.796. The summed E-state index contributed by atoms with van der Waals surface area (Å²) in [5.41, 5.74) is -0.165. The van der Waals surface area contributed by atoms with Gasteiger partial charge in [-0.25, -0.2) is 0 Å². The van der Waals surface area contributed by atoms with Crippen LogP contribution >= 0.6 is 0 Å². The molecule has 1 aliphatic carbocycles. The second-order valence-corrected chi connectivity index (χ2v) is 6.53. The Morgan fingerprint density at radius 3 is 2.22 bits per heavy atom. The van der Waals surface area contributed by atoms with Gasteiger partial charge in [0.05, 0.1) is 18.3 Å². The van der Waals surface area contributed by atoms with Gasteiger partial charge in [0.2, 0.25) is 0 Å². The van der Waals surface area contributed by atoms with Crippen LogP contribution in [0.15, 0.2) is 0 Å². The third kappa shape index (κ3) is 8.06. The lowest BCUT2D eigenvalue weighted by molar-refractivity contribution is -0.0484. The van der Waals surface area contributed by atoms with E-state index >= 15 is 0 Å². The number of rotatable bonds is 5. The van der Waals surface area contributed by atoms with Crippen LogP contribution in [0.2, 0.25) is 0 Å². The van der Waals surface area contributed by atoms with Gasteiger partial charge in [0.25, 0.3) is 0 Å². The van der Waals surface area contributed by atoms with Gasteiger partial charge >= 0.3 is 0 Å². The molecule has 1 aliphatic rings. The summed E-state index contributed by atoms with van der Waals surface area (Å²) in [6.45, 7) is 7.12. The summed E-state index contributed by atoms with van der Waals surface area (Å²) < 4.78 is 5.59. The Balaban J connectivity index is 2.13. The first-order chi connectivity index (χ1) is 8.47. The van der Waals surface area contributed by atoms with Crippen molar-refractivity contribution in [3.63, 3.8) is 0 Å². The first kappa shape index (κ1) is 15.9. The van der Waals surface area contributed by atoms with Crippen molar-refractivity contribution >= 4 is 0 Å². The molecule has 3 heteroatoms. The van der Waals surface area contributed by atoms with Crippen LogP contribution in [0.4, 0.5) is 0 Å². The number of hydrogen-bond acceptors (Lipinski definition) is 3. The number of aliphatic hydroxyl groups excluding tert-OH is 1. The molecule has 0 spiro atoms. The molecule has 0 aromatic rings. The van der Waals surface area contributed by atoms with Crippen LogP contribution in [-0.4, -0.2) is 36.0 Å². The van der Waals surface area contributed by atoms with Crippen molar-refractivity contribution in [3.05, 3.63) is 0 Å². The predicted molar refractivity (Wildman–Crippen MR) is 75.8 cm³/mol. The number of hydrogen-bond donors (Lipinski definition) is 2. The second kappa shape index (κ2) is 8.13. The first-order valence-corrected chi connectivity index (χ1v) is 7.53. The molecule has 18 heavy (non-hydrogen) atoms. The first-order valence-electron chi connectivity index (χ1n) is 7.53. The van der Waals surface area contributed by atoms with Crippen LogP contribution in [0, 0.1) is 0 Å². The molecule has 0 aromatic carbocycles. The molecule has 1 fully saturated rings. The summed E-state index contributed by atoms with van der Waals surface area (Å²) in [6, 6.07) is 0.592. The van der Waals surface area contributed by atoms with E-state index in [2.05, 4.69) is 5.32 Å². The van der Waals surface area contributed by atoms with Crippen LogP contribution in [0.25, 0.3) is 0 Å². The Bertz CT molecular complexity index is 205. The molecule has 0 aromatic heterocycles. The minimum absolute atomic E-state index is 0.165. The van der Waals surface area contributed by atoms with Gasteiger partial charge in [0.15, 0.2) is 0 Å². The second-order valence-electron chi connectivity index (χ2n) is 6.53. The number of aliphatic hydroxyl groups is 1. The van der Waals surface area contributed by atoms with Crippen LogP contribution in [0.5, 0.6) is 0 Å². The van der Waals surface area contributed by atoms with Gasteiger partial charge in [-0.3, -0.25) is 0 Å². The predicted octanol–water partition coefficient (Wildman–Crippen LogP) is 2.86. The Morgan fingerprint density at radius 2 is 1.67 bits per heavy atom. The van der Waals surface area contributed by atoms with Gasteiger partial charge in [0.1, 0.15) is 0 Å². The van der Waals surface area contributed by atoms with Gasteiger partial charge in [0, 0.05) is 12.6 Å². The van der Waals surface area contributed by atoms with Crippen molar-refractivity contribution in [2.45, 2.75) is 83.5 Å². The zero-order valence-electron chi connectivity index (χ0n) is 12.4. The van der Waals surface area contributed by atoms with Gasteiger partial charge < -0.3 is 15.2 Å². The Labute approximate surface area is 112 Å². The van der Waals surface area contributed by atoms with Crippen molar-refractivity contribution in [1.82, 2.24) is 5.32 Å². The monoisotopic (exact) mass is 257 g/mol. The zero-order chi connectivity index (χ0) is 13.4. The maximum atomic E-state index is 9.88. The molecule has 3 nitrogen and oxygen atoms in total. The fourth-order valence-electron chi connectivity index (χ4n) is 2.37. The highest BCUT2D eigenvalue weighted by atomic mass is 16.5. The number of ether oxygens (including phenoxy) is 1. The average Bonchev–Trinajstić information content (AvgIpc) is 2.24. The summed E-state index contributed by atoms with van der Waals surface area (Å²) in [4.78, 5) is 0. The smallest absolute Gasteiger partial charge is 0.0898 e. The van der Waals surface area contributed by atoms with Crippen LogP contribution in [-0.2, 0) is 4.74 Å². The van der Waals surface area contributed by atoms with E-state index in [9.17, 15) is 5.11 Å². The summed E-state index contributed by atoms with van der Waals surface area (Å²) in [6.07, 6.45) is 8.91. The Kier molecular flexibility index (Phi) is 7.20. The lowest BCUT2D eigenvalue weighted by atomic mass is 9.96. The molecule has 0 bridgehead atoms. The van der Waals surface area contributed by atoms with Crippen LogP contribution in [0.3, 0.4) is 0 Å². The summed E-state index contributed by atoms with van der Waals surface area (Å²) in [5.74, 6) is 0. The van der Waals surface area contributed by atoms with E-state index in [1.54, 1.807) is 0 Å². The van der Waals surface area contributed by atoms with E-state index in [4.69, 9.17) is 4.74 Å². The van der Waals surface area contributed by atoms with Gasteiger partial charge in [-0.05, 0) is 33.6 Å². The molecule has 1 saturated carbocycles. The maximum absolute atomic E-state index is 9.88. The minimum Gasteiger partial charge on any atom is -0.389 e. The maximum Gasteiger partial charge on any atom is 0.0898 e. The Hall–Kier alpha value is -0.120. The molecule has 0 radical (unpaired) electrons. The largest absolute Gasteiger partial charge is 0.389 e. The topological polar surface area (TPSA) is 41.5 Å². The van der Waals surface area contributed by atoms with E-state index in [1.165, 1.54) is 44.9 Å². The van der Waals surface area contributed by atoms with Crippen LogP contribution in [0.1, 0.15) is 65.7 Å². The van der Waals surface area contributed by atoms with E-state index in [1.807, 2.05) is 20.8 Å². The zero-order valence-corrected chi connectivity index (χ0v) is 12.4. The van der Waals surface area contributed by atoms with E-state index < -0.39 is 6.10 Å². The molecule has 0 unspecified atom stereocenters. The Morgan fingerprint density at radius 1 is 1.11 bits per heavy atom. The van der Waals surface area contributed by atoms with Crippen molar-refractivity contribution in [1.29, 1.82) is 0 Å². The van der Waals surface area contributed by atoms with Gasteiger partial charge in [-0.15, -0.1) is 0 Å². The fraction of sp³-hybridized carbons (Fsp3) is 1.00. The normalized spacial score (nSPS) is 21.3. The number of nitrogens with one attached hydrogen (secondary N) is 1. The highest BCUT2D eigenvalue weighted by Crippen LogP contribution is 2.17. The summed E-state index contributed by atoms with van der Waals surface area (Å²) >= 11 is 0. The summed E-state index contributed by atoms with van der Waals surface area (Å²) in [7, 11) is 0. The SMILES string of the molecule is CC(C)(C)OC[C@@H](O)CNC1CCCCCCC1. The third-order valence-corrected chi connectivity index (χ3v) is 3.46. The minimum atomic E-state index is -0.394. The van der Waals surface area contributed by atoms with E-state index in [-0.39, 0.29) is 5.60 Å². The molecule has 1 rings (SSSR count). The average molecular weight is 257 g/mol. The van der Waals surface area contributed by atoms with Crippen molar-refractivity contribution in [2.75, 3.05) is 13.2 Å². The molecule has 0 heterocycles. The fourth-order valence-corrected chi connectivity index (χ4v) is 2.37. The highest BCUT2D eigenvalue weighted by molar-refractivity contribution is 4.72. The standard InChI is InChI=1S/C15H31NO2/c1-15(2,3)18-12-14(17)11-16-13-9-7-5-4-6-8-10-13/h13-14,16-17H,4-12H2,1-3H3/t14-/m0/s1. The molecule has 2 N–H and O–H groups in total. The summed E-state index contributed by atoms with van der Waals surface area (Å²) in [5, 5.41) is 13.4. The molecule has 1 atom stereocenters. The molecule has 108 valence electrons. The van der Waals surface area contributed by atoms with E-state index in [0.717, 1.165) is 0 Å². The van der Waals surface area contributed by atoms with Crippen molar-refractivity contribution in [2.24, 2.45) is 0 Å². The third-order valence-electron chi connectivity index (χ3n) is 3.46. The van der Waals surface area contributed by atoms with Gasteiger partial charge in [-0.2, -0.15) is 0 Å². The molecule has 0 aliphatic heterocycles. The molecular weight excluding hydrogens is 226 g/mol. The lowest BCUT2D eigenvalue weighted by Crippen LogP contribution is -2.39. The molecule has 0 amide bonds. The highest BCUT2D eigenvalue weighted by Gasteiger charge is 2.15. The van der Waals surface area contributed by atoms with E-state index in [0.29, 0.717) is 19.2 Å². The van der Waals surface area contributed by atoms with Crippen molar-refractivity contribution in [3.8, 4) is 0 Å². The van der Waals surface area contributed by atoms with Crippen LogP contribution < -0.4 is 5.32 Å². The molecular formula is C15H31NO2. The molecule has 0 saturated heterocycles. The lowest BCUT2D eigenvalue weighted by Gasteiger charge is -2.25.